The SMILES string of the molecule is CCC(=O)NC1CCN(S(=O)(=O)Cc2ccccc2Cl)CC1. The molecule has 2 rings (SSSR count). The molecule has 1 saturated heterocycles. The highest BCUT2D eigenvalue weighted by Gasteiger charge is 2.28. The Balaban J connectivity index is 1.95. The summed E-state index contributed by atoms with van der Waals surface area (Å²) < 4.78 is 26.4. The number of carbonyl (C=O) groups is 1. The van der Waals surface area contributed by atoms with Gasteiger partial charge < -0.3 is 5.32 Å². The van der Waals surface area contributed by atoms with Crippen LogP contribution >= 0.6 is 11.6 Å². The van der Waals surface area contributed by atoms with Crippen LogP contribution in [0.5, 0.6) is 0 Å². The lowest BCUT2D eigenvalue weighted by molar-refractivity contribution is -0.121. The molecule has 0 atom stereocenters. The van der Waals surface area contributed by atoms with Crippen LogP contribution in [-0.2, 0) is 20.6 Å². The van der Waals surface area contributed by atoms with E-state index in [0.29, 0.717) is 42.9 Å². The van der Waals surface area contributed by atoms with Crippen LogP contribution in [0.4, 0.5) is 0 Å². The van der Waals surface area contributed by atoms with Crippen molar-refractivity contribution in [2.45, 2.75) is 38.0 Å². The zero-order valence-electron chi connectivity index (χ0n) is 12.6. The first kappa shape index (κ1) is 17.2. The maximum absolute atomic E-state index is 12.5. The zero-order chi connectivity index (χ0) is 16.2. The second kappa shape index (κ2) is 7.44. The van der Waals surface area contributed by atoms with E-state index >= 15 is 0 Å². The summed E-state index contributed by atoms with van der Waals surface area (Å²) in [7, 11) is -3.38. The first-order chi connectivity index (χ1) is 10.4. The third-order valence-electron chi connectivity index (χ3n) is 3.83. The molecule has 0 spiro atoms. The molecule has 1 aliphatic heterocycles. The number of hydrogen-bond donors (Lipinski definition) is 1. The first-order valence-corrected chi connectivity index (χ1v) is 9.41. The Morgan fingerprint density at radius 3 is 2.55 bits per heavy atom. The quantitative estimate of drug-likeness (QED) is 0.890. The maximum atomic E-state index is 12.5. The standard InChI is InChI=1S/C15H21ClN2O3S/c1-2-15(19)17-13-7-9-18(10-8-13)22(20,21)11-12-5-3-4-6-14(12)16/h3-6,13H,2,7-11H2,1H3,(H,17,19). The molecule has 1 amide bonds. The number of sulfonamides is 1. The zero-order valence-corrected chi connectivity index (χ0v) is 14.2. The molecule has 1 aliphatic rings. The minimum absolute atomic E-state index is 0.0115. The molecule has 1 aromatic carbocycles. The second-order valence-electron chi connectivity index (χ2n) is 5.44. The van der Waals surface area contributed by atoms with E-state index < -0.39 is 10.0 Å². The summed E-state index contributed by atoms with van der Waals surface area (Å²) in [5, 5.41) is 3.39. The van der Waals surface area contributed by atoms with Crippen molar-refractivity contribution >= 4 is 27.5 Å². The topological polar surface area (TPSA) is 66.5 Å². The van der Waals surface area contributed by atoms with Gasteiger partial charge in [0.1, 0.15) is 0 Å². The fourth-order valence-corrected chi connectivity index (χ4v) is 4.39. The van der Waals surface area contributed by atoms with Crippen molar-refractivity contribution in [3.63, 3.8) is 0 Å². The molecule has 1 heterocycles. The van der Waals surface area contributed by atoms with Crippen molar-refractivity contribution in [1.82, 2.24) is 9.62 Å². The van der Waals surface area contributed by atoms with Crippen LogP contribution in [0.2, 0.25) is 5.02 Å². The van der Waals surface area contributed by atoms with E-state index in [4.69, 9.17) is 11.6 Å². The molecule has 22 heavy (non-hydrogen) atoms. The van der Waals surface area contributed by atoms with Gasteiger partial charge in [0.15, 0.2) is 0 Å². The third kappa shape index (κ3) is 4.44. The molecule has 0 aliphatic carbocycles. The molecular weight excluding hydrogens is 324 g/mol. The average molecular weight is 345 g/mol. The molecule has 5 nitrogen and oxygen atoms in total. The van der Waals surface area contributed by atoms with Gasteiger partial charge in [0.05, 0.1) is 5.75 Å². The molecule has 0 aromatic heterocycles. The Bertz CT molecular complexity index is 625. The lowest BCUT2D eigenvalue weighted by Crippen LogP contribution is -2.46. The van der Waals surface area contributed by atoms with Crippen molar-refractivity contribution < 1.29 is 13.2 Å². The predicted molar refractivity (Wildman–Crippen MR) is 87.1 cm³/mol. The molecular formula is C15H21ClN2O3S. The summed E-state index contributed by atoms with van der Waals surface area (Å²) in [5.41, 5.74) is 0.616. The number of halogens is 1. The lowest BCUT2D eigenvalue weighted by Gasteiger charge is -2.31. The van der Waals surface area contributed by atoms with Crippen LogP contribution in [0.25, 0.3) is 0 Å². The lowest BCUT2D eigenvalue weighted by atomic mass is 10.1. The van der Waals surface area contributed by atoms with Gasteiger partial charge >= 0.3 is 0 Å². The number of carbonyl (C=O) groups excluding carboxylic acids is 1. The van der Waals surface area contributed by atoms with Crippen LogP contribution in [0.3, 0.4) is 0 Å². The third-order valence-corrected chi connectivity index (χ3v) is 6.03. The molecule has 0 radical (unpaired) electrons. The van der Waals surface area contributed by atoms with E-state index in [-0.39, 0.29) is 17.7 Å². The highest BCUT2D eigenvalue weighted by molar-refractivity contribution is 7.88. The van der Waals surface area contributed by atoms with Crippen LogP contribution < -0.4 is 5.32 Å². The Morgan fingerprint density at radius 1 is 1.32 bits per heavy atom. The number of rotatable bonds is 5. The van der Waals surface area contributed by atoms with Gasteiger partial charge in [-0.25, -0.2) is 12.7 Å². The molecule has 1 fully saturated rings. The largest absolute Gasteiger partial charge is 0.353 e. The summed E-state index contributed by atoms with van der Waals surface area (Å²) in [6.45, 7) is 2.67. The molecule has 0 bridgehead atoms. The van der Waals surface area contributed by atoms with E-state index in [2.05, 4.69) is 5.32 Å². The fraction of sp³-hybridized carbons (Fsp3) is 0.533. The van der Waals surface area contributed by atoms with Gasteiger partial charge in [0, 0.05) is 30.6 Å². The van der Waals surface area contributed by atoms with Crippen LogP contribution in [0.15, 0.2) is 24.3 Å². The van der Waals surface area contributed by atoms with Crippen LogP contribution in [-0.4, -0.2) is 37.8 Å². The Morgan fingerprint density at radius 2 is 1.95 bits per heavy atom. The Kier molecular flexibility index (Phi) is 5.83. The van der Waals surface area contributed by atoms with Crippen molar-refractivity contribution in [2.24, 2.45) is 0 Å². The molecule has 7 heteroatoms. The van der Waals surface area contributed by atoms with Crippen molar-refractivity contribution in [3.05, 3.63) is 34.9 Å². The number of nitrogens with one attached hydrogen (secondary N) is 1. The van der Waals surface area contributed by atoms with Gasteiger partial charge in [-0.1, -0.05) is 36.7 Å². The normalized spacial score (nSPS) is 17.4. The molecule has 0 unspecified atom stereocenters. The number of benzene rings is 1. The van der Waals surface area contributed by atoms with Crippen molar-refractivity contribution in [1.29, 1.82) is 0 Å². The van der Waals surface area contributed by atoms with Gasteiger partial charge in [-0.15, -0.1) is 0 Å². The highest BCUT2D eigenvalue weighted by atomic mass is 35.5. The van der Waals surface area contributed by atoms with Gasteiger partial charge in [0.2, 0.25) is 15.9 Å². The first-order valence-electron chi connectivity index (χ1n) is 7.43. The minimum atomic E-state index is -3.38. The number of amides is 1. The van der Waals surface area contributed by atoms with Crippen molar-refractivity contribution in [2.75, 3.05) is 13.1 Å². The van der Waals surface area contributed by atoms with Gasteiger partial charge in [0.25, 0.3) is 0 Å². The fourth-order valence-electron chi connectivity index (χ4n) is 2.51. The van der Waals surface area contributed by atoms with Gasteiger partial charge in [-0.3, -0.25) is 4.79 Å². The Hall–Kier alpha value is -1.11. The van der Waals surface area contributed by atoms with E-state index in [9.17, 15) is 13.2 Å². The Labute approximate surface area is 136 Å². The van der Waals surface area contributed by atoms with E-state index in [1.54, 1.807) is 31.2 Å². The number of piperidine rings is 1. The summed E-state index contributed by atoms with van der Waals surface area (Å²) in [5.74, 6) is -0.0732. The minimum Gasteiger partial charge on any atom is -0.353 e. The van der Waals surface area contributed by atoms with Gasteiger partial charge in [-0.05, 0) is 24.5 Å². The summed E-state index contributed by atoms with van der Waals surface area (Å²) in [4.78, 5) is 11.4. The molecule has 122 valence electrons. The smallest absolute Gasteiger partial charge is 0.219 e. The monoisotopic (exact) mass is 344 g/mol. The molecule has 1 N–H and O–H groups in total. The number of hydrogen-bond acceptors (Lipinski definition) is 3. The van der Waals surface area contributed by atoms with E-state index in [1.807, 2.05) is 0 Å². The molecule has 1 aromatic rings. The molecule has 0 saturated carbocycles. The van der Waals surface area contributed by atoms with Crippen LogP contribution in [0.1, 0.15) is 31.7 Å². The average Bonchev–Trinajstić information content (AvgIpc) is 2.50. The summed E-state index contributed by atoms with van der Waals surface area (Å²) in [6.07, 6.45) is 1.74. The highest BCUT2D eigenvalue weighted by Crippen LogP contribution is 2.22. The maximum Gasteiger partial charge on any atom is 0.219 e. The van der Waals surface area contributed by atoms with E-state index in [0.717, 1.165) is 0 Å². The number of nitrogens with zero attached hydrogens (tertiary/aromatic N) is 1. The van der Waals surface area contributed by atoms with E-state index in [1.165, 1.54) is 4.31 Å². The summed E-state index contributed by atoms with van der Waals surface area (Å²) in [6, 6.07) is 7.05. The predicted octanol–water partition coefficient (Wildman–Crippen LogP) is 2.16. The van der Waals surface area contributed by atoms with Gasteiger partial charge in [-0.2, -0.15) is 0 Å². The summed E-state index contributed by atoms with van der Waals surface area (Å²) >= 11 is 6.04. The second-order valence-corrected chi connectivity index (χ2v) is 7.82. The van der Waals surface area contributed by atoms with Crippen LogP contribution in [0, 0.1) is 0 Å². The van der Waals surface area contributed by atoms with Crippen molar-refractivity contribution in [3.8, 4) is 0 Å².